The first-order valence-corrected chi connectivity index (χ1v) is 4.35. The van der Waals surface area contributed by atoms with Gasteiger partial charge in [0.2, 0.25) is 0 Å². The minimum absolute atomic E-state index is 0.0243. The molecule has 1 atom stereocenters. The van der Waals surface area contributed by atoms with Crippen LogP contribution in [-0.2, 0) is 11.4 Å². The summed E-state index contributed by atoms with van der Waals surface area (Å²) in [4.78, 5) is 5.16. The Balaban J connectivity index is 2.20. The first kappa shape index (κ1) is 10.2. The summed E-state index contributed by atoms with van der Waals surface area (Å²) in [6.07, 6.45) is 0. The van der Waals surface area contributed by atoms with Crippen LogP contribution in [0.1, 0.15) is 12.5 Å². The molecule has 13 heavy (non-hydrogen) atoms. The van der Waals surface area contributed by atoms with Crippen molar-refractivity contribution in [3.8, 4) is 0 Å². The van der Waals surface area contributed by atoms with E-state index >= 15 is 0 Å². The predicted molar refractivity (Wildman–Crippen MR) is 50.9 cm³/mol. The molecule has 0 saturated heterocycles. The molecule has 0 aliphatic carbocycles. The second-order valence-electron chi connectivity index (χ2n) is 2.98. The van der Waals surface area contributed by atoms with E-state index in [1.807, 2.05) is 37.3 Å². The van der Waals surface area contributed by atoms with E-state index in [2.05, 4.69) is 5.48 Å². The Labute approximate surface area is 78.3 Å². The molecule has 0 radical (unpaired) electrons. The van der Waals surface area contributed by atoms with Crippen LogP contribution in [0.4, 0.5) is 0 Å². The summed E-state index contributed by atoms with van der Waals surface area (Å²) in [6.45, 7) is 2.45. The lowest BCUT2D eigenvalue weighted by atomic mass is 10.2. The molecule has 72 valence electrons. The van der Waals surface area contributed by atoms with Crippen LogP contribution in [0, 0.1) is 0 Å². The van der Waals surface area contributed by atoms with E-state index in [4.69, 9.17) is 9.94 Å². The molecule has 0 unspecified atom stereocenters. The van der Waals surface area contributed by atoms with Gasteiger partial charge in [-0.05, 0) is 12.5 Å². The van der Waals surface area contributed by atoms with E-state index in [9.17, 15) is 0 Å². The molecular formula is C10H15NO2. The highest BCUT2D eigenvalue weighted by Gasteiger charge is 1.97. The van der Waals surface area contributed by atoms with Crippen LogP contribution < -0.4 is 5.48 Å². The van der Waals surface area contributed by atoms with Crippen molar-refractivity contribution in [1.29, 1.82) is 0 Å². The van der Waals surface area contributed by atoms with Gasteiger partial charge in [-0.3, -0.25) is 4.84 Å². The quantitative estimate of drug-likeness (QED) is 0.668. The molecule has 1 aromatic rings. The van der Waals surface area contributed by atoms with Crippen LogP contribution in [-0.4, -0.2) is 17.8 Å². The zero-order chi connectivity index (χ0) is 9.52. The lowest BCUT2D eigenvalue weighted by Crippen LogP contribution is -2.29. The smallest absolute Gasteiger partial charge is 0.0933 e. The van der Waals surface area contributed by atoms with Crippen molar-refractivity contribution < 1.29 is 9.94 Å². The predicted octanol–water partition coefficient (Wildman–Crippen LogP) is 1.09. The van der Waals surface area contributed by atoms with Gasteiger partial charge in [0.25, 0.3) is 0 Å². The summed E-state index contributed by atoms with van der Waals surface area (Å²) in [7, 11) is 0. The third-order valence-electron chi connectivity index (χ3n) is 1.64. The fourth-order valence-electron chi connectivity index (χ4n) is 0.879. The second-order valence-corrected chi connectivity index (χ2v) is 2.98. The highest BCUT2D eigenvalue weighted by atomic mass is 16.6. The molecular weight excluding hydrogens is 166 g/mol. The number of aliphatic hydroxyl groups is 1. The van der Waals surface area contributed by atoms with Crippen molar-refractivity contribution in [1.82, 2.24) is 5.48 Å². The van der Waals surface area contributed by atoms with Crippen LogP contribution in [0.15, 0.2) is 30.3 Å². The molecule has 1 rings (SSSR count). The third kappa shape index (κ3) is 4.03. The lowest BCUT2D eigenvalue weighted by molar-refractivity contribution is -0.00482. The molecule has 1 aromatic carbocycles. The lowest BCUT2D eigenvalue weighted by Gasteiger charge is -2.10. The van der Waals surface area contributed by atoms with Crippen molar-refractivity contribution in [2.75, 3.05) is 6.61 Å². The topological polar surface area (TPSA) is 41.5 Å². The summed E-state index contributed by atoms with van der Waals surface area (Å²) in [5.74, 6) is 0. The summed E-state index contributed by atoms with van der Waals surface area (Å²) in [6, 6.07) is 9.86. The molecule has 0 aliphatic heterocycles. The van der Waals surface area contributed by atoms with Crippen LogP contribution in [0.2, 0.25) is 0 Å². The van der Waals surface area contributed by atoms with Gasteiger partial charge in [-0.15, -0.1) is 0 Å². The van der Waals surface area contributed by atoms with Gasteiger partial charge >= 0.3 is 0 Å². The molecule has 3 nitrogen and oxygen atoms in total. The molecule has 0 amide bonds. The Morgan fingerprint density at radius 1 is 1.38 bits per heavy atom. The van der Waals surface area contributed by atoms with Gasteiger partial charge in [0.1, 0.15) is 0 Å². The van der Waals surface area contributed by atoms with Gasteiger partial charge < -0.3 is 5.11 Å². The van der Waals surface area contributed by atoms with E-state index in [0.717, 1.165) is 5.56 Å². The van der Waals surface area contributed by atoms with Crippen LogP contribution in [0.25, 0.3) is 0 Å². The minimum atomic E-state index is -0.0243. The van der Waals surface area contributed by atoms with Crippen molar-refractivity contribution in [3.05, 3.63) is 35.9 Å². The van der Waals surface area contributed by atoms with Crippen molar-refractivity contribution in [2.45, 2.75) is 19.6 Å². The number of hydroxylamine groups is 1. The van der Waals surface area contributed by atoms with Crippen LogP contribution >= 0.6 is 0 Å². The van der Waals surface area contributed by atoms with E-state index in [1.54, 1.807) is 0 Å². The summed E-state index contributed by atoms with van der Waals surface area (Å²) >= 11 is 0. The standard InChI is InChI=1S/C10H15NO2/c1-9(7-12)11-13-8-10-5-3-2-4-6-10/h2-6,9,11-12H,7-8H2,1H3/t9-/m0/s1. The van der Waals surface area contributed by atoms with Gasteiger partial charge in [0.05, 0.1) is 19.3 Å². The van der Waals surface area contributed by atoms with Gasteiger partial charge in [-0.2, -0.15) is 5.48 Å². The average molecular weight is 181 g/mol. The molecule has 3 heteroatoms. The fourth-order valence-corrected chi connectivity index (χ4v) is 0.879. The van der Waals surface area contributed by atoms with Gasteiger partial charge in [-0.1, -0.05) is 30.3 Å². The number of benzene rings is 1. The van der Waals surface area contributed by atoms with Crippen LogP contribution in [0.5, 0.6) is 0 Å². The van der Waals surface area contributed by atoms with E-state index in [-0.39, 0.29) is 12.6 Å². The van der Waals surface area contributed by atoms with Crippen LogP contribution in [0.3, 0.4) is 0 Å². The maximum Gasteiger partial charge on any atom is 0.0933 e. The van der Waals surface area contributed by atoms with E-state index < -0.39 is 0 Å². The highest BCUT2D eigenvalue weighted by molar-refractivity contribution is 5.13. The van der Waals surface area contributed by atoms with Crippen molar-refractivity contribution in [2.24, 2.45) is 0 Å². The number of hydrogen-bond acceptors (Lipinski definition) is 3. The summed E-state index contributed by atoms with van der Waals surface area (Å²) in [5.41, 5.74) is 3.84. The highest BCUT2D eigenvalue weighted by Crippen LogP contribution is 1.99. The largest absolute Gasteiger partial charge is 0.395 e. The molecule has 0 aliphatic rings. The Bertz CT molecular complexity index is 226. The molecule has 0 saturated carbocycles. The number of nitrogens with one attached hydrogen (secondary N) is 1. The third-order valence-corrected chi connectivity index (χ3v) is 1.64. The first-order chi connectivity index (χ1) is 6.33. The Kier molecular flexibility index (Phi) is 4.46. The SMILES string of the molecule is C[C@@H](CO)NOCc1ccccc1. The van der Waals surface area contributed by atoms with Crippen molar-refractivity contribution in [3.63, 3.8) is 0 Å². The second kappa shape index (κ2) is 5.70. The number of hydrogen-bond donors (Lipinski definition) is 2. The van der Waals surface area contributed by atoms with Crippen molar-refractivity contribution >= 4 is 0 Å². The fraction of sp³-hybridized carbons (Fsp3) is 0.400. The van der Waals surface area contributed by atoms with E-state index in [1.165, 1.54) is 0 Å². The Hall–Kier alpha value is -0.900. The first-order valence-electron chi connectivity index (χ1n) is 4.35. The monoisotopic (exact) mass is 181 g/mol. The van der Waals surface area contributed by atoms with Gasteiger partial charge in [0, 0.05) is 0 Å². The van der Waals surface area contributed by atoms with Gasteiger partial charge in [0.15, 0.2) is 0 Å². The van der Waals surface area contributed by atoms with Gasteiger partial charge in [-0.25, -0.2) is 0 Å². The molecule has 0 fully saturated rings. The normalized spacial score (nSPS) is 12.8. The Morgan fingerprint density at radius 2 is 2.08 bits per heavy atom. The summed E-state index contributed by atoms with van der Waals surface area (Å²) < 4.78 is 0. The Morgan fingerprint density at radius 3 is 2.69 bits per heavy atom. The molecule has 0 heterocycles. The van der Waals surface area contributed by atoms with E-state index in [0.29, 0.717) is 6.61 Å². The number of aliphatic hydroxyl groups excluding tert-OH is 1. The summed E-state index contributed by atoms with van der Waals surface area (Å²) in [5, 5.41) is 8.69. The molecule has 0 aromatic heterocycles. The zero-order valence-corrected chi connectivity index (χ0v) is 7.73. The minimum Gasteiger partial charge on any atom is -0.395 e. The maximum atomic E-state index is 8.69. The maximum absolute atomic E-state index is 8.69. The molecule has 0 bridgehead atoms. The zero-order valence-electron chi connectivity index (χ0n) is 7.73. The molecule has 2 N–H and O–H groups in total. The number of rotatable bonds is 5. The average Bonchev–Trinajstić information content (AvgIpc) is 2.19. The molecule has 0 spiro atoms.